The first-order valence-corrected chi connectivity index (χ1v) is 6.70. The molecule has 2 saturated carbocycles. The zero-order chi connectivity index (χ0) is 13.2. The van der Waals surface area contributed by atoms with Crippen molar-refractivity contribution in [2.45, 2.75) is 19.3 Å². The van der Waals surface area contributed by atoms with Crippen LogP contribution in [0, 0.1) is 29.1 Å². The molecule has 2 aliphatic carbocycles. The molecular weight excluding hydrogens is 240 g/mol. The van der Waals surface area contributed by atoms with Crippen molar-refractivity contribution in [1.29, 1.82) is 5.26 Å². The molecule has 0 radical (unpaired) electrons. The molecule has 0 heterocycles. The fraction of sp³-hybridized carbons (Fsp3) is 0.467. The highest BCUT2D eigenvalue weighted by molar-refractivity contribution is 5.95. The average Bonchev–Trinajstić information content (AvgIpc) is 2.92. The number of carbonyl (C=O) groups excluding carboxylic acids is 1. The van der Waals surface area contributed by atoms with Crippen molar-refractivity contribution in [3.63, 3.8) is 0 Å². The number of ether oxygens (including phenoxy) is 1. The van der Waals surface area contributed by atoms with E-state index in [1.54, 1.807) is 12.1 Å². The van der Waals surface area contributed by atoms with E-state index in [1.807, 2.05) is 18.2 Å². The predicted octanol–water partition coefficient (Wildman–Crippen LogP) is 2.57. The van der Waals surface area contributed by atoms with Crippen LogP contribution in [0.15, 0.2) is 24.3 Å². The van der Waals surface area contributed by atoms with Crippen LogP contribution in [0.3, 0.4) is 0 Å². The Bertz CT molecular complexity index is 508. The first-order valence-electron chi connectivity index (χ1n) is 6.70. The Kier molecular flexibility index (Phi) is 3.12. The molecule has 0 aromatic heterocycles. The number of hydrogen-bond donors (Lipinski definition) is 1. The third-order valence-electron chi connectivity index (χ3n) is 4.13. The minimum atomic E-state index is 0.0388. The van der Waals surface area contributed by atoms with E-state index in [2.05, 4.69) is 5.32 Å². The van der Waals surface area contributed by atoms with Crippen LogP contribution in [-0.4, -0.2) is 12.5 Å². The highest BCUT2D eigenvalue weighted by Crippen LogP contribution is 2.57. The molecule has 19 heavy (non-hydrogen) atoms. The van der Waals surface area contributed by atoms with Gasteiger partial charge in [0.15, 0.2) is 6.61 Å². The summed E-state index contributed by atoms with van der Waals surface area (Å²) in [5, 5.41) is 11.4. The van der Waals surface area contributed by atoms with Gasteiger partial charge in [-0.15, -0.1) is 0 Å². The van der Waals surface area contributed by atoms with Crippen LogP contribution in [0.25, 0.3) is 0 Å². The third-order valence-corrected chi connectivity index (χ3v) is 4.13. The maximum Gasteiger partial charge on any atom is 0.228 e. The molecule has 2 fully saturated rings. The third kappa shape index (κ3) is 2.41. The van der Waals surface area contributed by atoms with Crippen molar-refractivity contribution >= 4 is 11.6 Å². The van der Waals surface area contributed by atoms with E-state index in [0.29, 0.717) is 17.6 Å². The van der Waals surface area contributed by atoms with E-state index in [0.717, 1.165) is 5.69 Å². The van der Waals surface area contributed by atoms with Crippen molar-refractivity contribution < 1.29 is 9.53 Å². The van der Waals surface area contributed by atoms with Crippen LogP contribution in [-0.2, 0) is 4.79 Å². The van der Waals surface area contributed by atoms with Gasteiger partial charge in [0, 0.05) is 11.6 Å². The van der Waals surface area contributed by atoms with E-state index in [4.69, 9.17) is 10.00 Å². The van der Waals surface area contributed by atoms with Crippen molar-refractivity contribution in [2.24, 2.45) is 17.8 Å². The summed E-state index contributed by atoms with van der Waals surface area (Å²) in [5.74, 6) is 2.31. The van der Waals surface area contributed by atoms with Gasteiger partial charge in [-0.05, 0) is 48.9 Å². The molecule has 0 bridgehead atoms. The van der Waals surface area contributed by atoms with Gasteiger partial charge < -0.3 is 10.1 Å². The molecule has 0 spiro atoms. The summed E-state index contributed by atoms with van der Waals surface area (Å²) in [4.78, 5) is 12.1. The van der Waals surface area contributed by atoms with E-state index >= 15 is 0 Å². The fourth-order valence-electron chi connectivity index (χ4n) is 3.19. The van der Waals surface area contributed by atoms with Gasteiger partial charge >= 0.3 is 0 Å². The second-order valence-corrected chi connectivity index (χ2v) is 5.24. The number of amides is 1. The maximum atomic E-state index is 12.1. The van der Waals surface area contributed by atoms with Crippen molar-refractivity contribution in [3.05, 3.63) is 24.3 Å². The minimum Gasteiger partial charge on any atom is -0.479 e. The van der Waals surface area contributed by atoms with E-state index < -0.39 is 0 Å². The summed E-state index contributed by atoms with van der Waals surface area (Å²) in [5.41, 5.74) is 0.791. The van der Waals surface area contributed by atoms with Gasteiger partial charge in [-0.25, -0.2) is 0 Å². The lowest BCUT2D eigenvalue weighted by Gasteiger charge is -2.07. The number of rotatable bonds is 4. The molecule has 2 atom stereocenters. The lowest BCUT2D eigenvalue weighted by Crippen LogP contribution is -2.16. The van der Waals surface area contributed by atoms with Crippen molar-refractivity contribution in [1.82, 2.24) is 0 Å². The van der Waals surface area contributed by atoms with Crippen LogP contribution in [0.2, 0.25) is 0 Å². The molecule has 1 aromatic rings. The first-order chi connectivity index (χ1) is 9.29. The topological polar surface area (TPSA) is 62.1 Å². The molecule has 1 aromatic carbocycles. The van der Waals surface area contributed by atoms with E-state index in [1.165, 1.54) is 19.3 Å². The van der Waals surface area contributed by atoms with Crippen molar-refractivity contribution in [3.8, 4) is 11.8 Å². The van der Waals surface area contributed by atoms with Gasteiger partial charge in [0.2, 0.25) is 5.91 Å². The average molecular weight is 256 g/mol. The zero-order valence-electron chi connectivity index (χ0n) is 10.6. The lowest BCUT2D eigenvalue weighted by molar-refractivity contribution is -0.118. The summed E-state index contributed by atoms with van der Waals surface area (Å²) in [6.45, 7) is 0.0388. The van der Waals surface area contributed by atoms with Gasteiger partial charge in [0.25, 0.3) is 0 Å². The number of nitrogens with zero attached hydrogens (tertiary/aromatic N) is 1. The van der Waals surface area contributed by atoms with Crippen molar-refractivity contribution in [2.75, 3.05) is 11.9 Å². The molecular formula is C15H16N2O2. The number of hydrogen-bond acceptors (Lipinski definition) is 3. The van der Waals surface area contributed by atoms with Crippen LogP contribution in [0.5, 0.6) is 5.75 Å². The molecule has 1 N–H and O–H groups in total. The Morgan fingerprint density at radius 1 is 1.32 bits per heavy atom. The highest BCUT2D eigenvalue weighted by Gasteiger charge is 2.56. The standard InChI is InChI=1S/C15H16N2O2/c16-8-9-19-11-6-4-10(5-7-11)17-15(18)14-12-2-1-3-13(12)14/h4-7,12-14H,1-3,9H2,(H,17,18). The second kappa shape index (κ2) is 4.93. The zero-order valence-corrected chi connectivity index (χ0v) is 10.6. The Hall–Kier alpha value is -2.02. The summed E-state index contributed by atoms with van der Waals surface area (Å²) in [7, 11) is 0. The molecule has 2 unspecified atom stereocenters. The van der Waals surface area contributed by atoms with Crippen LogP contribution < -0.4 is 10.1 Å². The second-order valence-electron chi connectivity index (χ2n) is 5.24. The van der Waals surface area contributed by atoms with Gasteiger partial charge in [0.05, 0.1) is 0 Å². The lowest BCUT2D eigenvalue weighted by atomic mass is 10.1. The summed E-state index contributed by atoms with van der Waals surface area (Å²) in [6, 6.07) is 9.06. The quantitative estimate of drug-likeness (QED) is 0.900. The molecule has 0 saturated heterocycles. The largest absolute Gasteiger partial charge is 0.479 e. The fourth-order valence-corrected chi connectivity index (χ4v) is 3.19. The van der Waals surface area contributed by atoms with Crippen LogP contribution in [0.4, 0.5) is 5.69 Å². The number of nitriles is 1. The number of anilines is 1. The number of fused-ring (bicyclic) bond motifs is 1. The molecule has 4 nitrogen and oxygen atoms in total. The SMILES string of the molecule is N#CCOc1ccc(NC(=O)C2C3CCCC32)cc1. The Morgan fingerprint density at radius 3 is 2.63 bits per heavy atom. The summed E-state index contributed by atoms with van der Waals surface area (Å²) >= 11 is 0. The molecule has 2 aliphatic rings. The van der Waals surface area contributed by atoms with Gasteiger partial charge in [-0.3, -0.25) is 4.79 Å². The van der Waals surface area contributed by atoms with Crippen LogP contribution in [0.1, 0.15) is 19.3 Å². The van der Waals surface area contributed by atoms with Gasteiger partial charge in [-0.1, -0.05) is 6.42 Å². The number of benzene rings is 1. The number of nitrogens with one attached hydrogen (secondary N) is 1. The normalized spacial score (nSPS) is 27.2. The molecule has 98 valence electrons. The smallest absolute Gasteiger partial charge is 0.228 e. The van der Waals surface area contributed by atoms with Gasteiger partial charge in [0.1, 0.15) is 11.8 Å². The number of carbonyl (C=O) groups is 1. The maximum absolute atomic E-state index is 12.1. The molecule has 1 amide bonds. The van der Waals surface area contributed by atoms with E-state index in [-0.39, 0.29) is 18.4 Å². The Labute approximate surface area is 112 Å². The highest BCUT2D eigenvalue weighted by atomic mass is 16.5. The molecule has 3 rings (SSSR count). The molecule has 0 aliphatic heterocycles. The summed E-state index contributed by atoms with van der Waals surface area (Å²) < 4.78 is 5.16. The summed E-state index contributed by atoms with van der Waals surface area (Å²) in [6.07, 6.45) is 3.71. The first kappa shape index (κ1) is 12.0. The molecule has 4 heteroatoms. The van der Waals surface area contributed by atoms with Crippen LogP contribution >= 0.6 is 0 Å². The minimum absolute atomic E-state index is 0.0388. The van der Waals surface area contributed by atoms with E-state index in [9.17, 15) is 4.79 Å². The van der Waals surface area contributed by atoms with Gasteiger partial charge in [-0.2, -0.15) is 5.26 Å². The monoisotopic (exact) mass is 256 g/mol. The predicted molar refractivity (Wildman–Crippen MR) is 70.5 cm³/mol. The Morgan fingerprint density at radius 2 is 2.00 bits per heavy atom. The Balaban J connectivity index is 1.55.